The van der Waals surface area contributed by atoms with E-state index in [1.165, 1.54) is 6.26 Å². The lowest BCUT2D eigenvalue weighted by Crippen LogP contribution is -2.42. The molecule has 0 aliphatic rings. The minimum Gasteiger partial charge on any atom is -0.459 e. The number of furan rings is 1. The number of aromatic nitrogens is 2. The Hall–Kier alpha value is -3.14. The fourth-order valence-electron chi connectivity index (χ4n) is 2.71. The number of carbonyl (C=O) groups excluding carboxylic acids is 1. The maximum absolute atomic E-state index is 13.8. The summed E-state index contributed by atoms with van der Waals surface area (Å²) < 4.78 is 51.0. The molecule has 1 amide bonds. The average Bonchev–Trinajstić information content (AvgIpc) is 3.39. The fraction of sp³-hybridized carbons (Fsp3) is 0.316. The van der Waals surface area contributed by atoms with Gasteiger partial charge in [-0.05, 0) is 44.2 Å². The number of hydrogen-bond donors (Lipinski definition) is 1. The van der Waals surface area contributed by atoms with Gasteiger partial charge in [-0.15, -0.1) is 10.2 Å². The van der Waals surface area contributed by atoms with Crippen LogP contribution in [-0.2, 0) is 11.3 Å². The van der Waals surface area contributed by atoms with E-state index in [4.69, 9.17) is 8.83 Å². The van der Waals surface area contributed by atoms with Crippen molar-refractivity contribution in [2.75, 3.05) is 11.9 Å². The summed E-state index contributed by atoms with van der Waals surface area (Å²) in [6.45, 7) is 4.20. The Kier molecular flexibility index (Phi) is 6.32. The zero-order valence-corrected chi connectivity index (χ0v) is 15.8. The summed E-state index contributed by atoms with van der Waals surface area (Å²) in [5.74, 6) is -4.11. The van der Waals surface area contributed by atoms with Crippen molar-refractivity contribution in [2.45, 2.75) is 32.9 Å². The van der Waals surface area contributed by atoms with Crippen molar-refractivity contribution in [3.8, 4) is 11.7 Å². The second-order valence-electron chi connectivity index (χ2n) is 6.34. The third-order valence-electron chi connectivity index (χ3n) is 4.27. The Morgan fingerprint density at radius 1 is 1.21 bits per heavy atom. The first-order valence-electron chi connectivity index (χ1n) is 8.95. The highest BCUT2D eigenvalue weighted by Crippen LogP contribution is 2.21. The molecule has 29 heavy (non-hydrogen) atoms. The average molecular weight is 408 g/mol. The summed E-state index contributed by atoms with van der Waals surface area (Å²) in [4.78, 5) is 14.3. The zero-order chi connectivity index (χ0) is 21.0. The second kappa shape index (κ2) is 8.91. The smallest absolute Gasteiger partial charge is 0.283 e. The number of nitrogens with one attached hydrogen (secondary N) is 1. The van der Waals surface area contributed by atoms with Crippen molar-refractivity contribution in [3.05, 3.63) is 53.9 Å². The molecule has 0 saturated heterocycles. The van der Waals surface area contributed by atoms with Gasteiger partial charge in [-0.1, -0.05) is 6.92 Å². The van der Waals surface area contributed by atoms with Gasteiger partial charge in [0.1, 0.15) is 0 Å². The van der Waals surface area contributed by atoms with E-state index in [1.807, 2.05) is 6.92 Å². The van der Waals surface area contributed by atoms with Crippen molar-refractivity contribution in [2.24, 2.45) is 0 Å². The number of carbonyl (C=O) groups is 1. The monoisotopic (exact) mass is 408 g/mol. The molecule has 0 saturated carbocycles. The topological polar surface area (TPSA) is 84.4 Å². The van der Waals surface area contributed by atoms with E-state index in [0.717, 1.165) is 18.6 Å². The number of rotatable bonds is 8. The molecule has 0 bridgehead atoms. The minimum atomic E-state index is -1.64. The van der Waals surface area contributed by atoms with Gasteiger partial charge in [0.25, 0.3) is 5.89 Å². The highest BCUT2D eigenvalue weighted by molar-refractivity contribution is 5.94. The predicted octanol–water partition coefficient (Wildman–Crippen LogP) is 3.99. The first kappa shape index (κ1) is 20.6. The third kappa shape index (κ3) is 4.65. The maximum atomic E-state index is 13.8. The van der Waals surface area contributed by atoms with Gasteiger partial charge in [0, 0.05) is 0 Å². The minimum absolute atomic E-state index is 0.163. The Labute approximate surface area is 164 Å². The van der Waals surface area contributed by atoms with Gasteiger partial charge >= 0.3 is 0 Å². The lowest BCUT2D eigenvalue weighted by Gasteiger charge is -2.26. The molecule has 3 aromatic rings. The van der Waals surface area contributed by atoms with Crippen molar-refractivity contribution in [1.82, 2.24) is 15.1 Å². The van der Waals surface area contributed by atoms with Crippen LogP contribution in [0.1, 0.15) is 26.2 Å². The molecule has 0 fully saturated rings. The number of benzene rings is 1. The molecule has 2 heterocycles. The third-order valence-corrected chi connectivity index (χ3v) is 4.27. The van der Waals surface area contributed by atoms with Crippen LogP contribution < -0.4 is 5.32 Å². The van der Waals surface area contributed by atoms with Crippen LogP contribution in [0.25, 0.3) is 11.7 Å². The molecule has 0 aliphatic carbocycles. The van der Waals surface area contributed by atoms with E-state index >= 15 is 0 Å². The summed E-state index contributed by atoms with van der Waals surface area (Å²) in [6, 6.07) is 4.34. The Bertz CT molecular complexity index is 975. The van der Waals surface area contributed by atoms with E-state index in [0.29, 0.717) is 12.3 Å². The SMILES string of the molecule is CCCN(Cc1nnc(-c2ccco2)o1)[C@@H](C)C(=O)Nc1ccc(F)c(F)c1F. The molecule has 0 aliphatic heterocycles. The molecule has 0 radical (unpaired) electrons. The van der Waals surface area contributed by atoms with Crippen LogP contribution in [-0.4, -0.2) is 33.6 Å². The van der Waals surface area contributed by atoms with Gasteiger partial charge in [0.2, 0.25) is 11.8 Å². The van der Waals surface area contributed by atoms with Gasteiger partial charge in [0.05, 0.1) is 24.5 Å². The fourth-order valence-corrected chi connectivity index (χ4v) is 2.71. The summed E-state index contributed by atoms with van der Waals surface area (Å²) in [5.41, 5.74) is -0.435. The van der Waals surface area contributed by atoms with Gasteiger partial charge in [-0.25, -0.2) is 13.2 Å². The van der Waals surface area contributed by atoms with Crippen LogP contribution in [0.3, 0.4) is 0 Å². The quantitative estimate of drug-likeness (QED) is 0.568. The molecule has 1 atom stereocenters. The Morgan fingerprint density at radius 3 is 2.69 bits per heavy atom. The molecule has 3 rings (SSSR count). The summed E-state index contributed by atoms with van der Waals surface area (Å²) in [6.07, 6.45) is 2.20. The van der Waals surface area contributed by atoms with Crippen LogP contribution in [0, 0.1) is 17.5 Å². The van der Waals surface area contributed by atoms with E-state index < -0.39 is 35.1 Å². The zero-order valence-electron chi connectivity index (χ0n) is 15.8. The number of anilines is 1. The van der Waals surface area contributed by atoms with Crippen LogP contribution in [0.15, 0.2) is 39.4 Å². The summed E-state index contributed by atoms with van der Waals surface area (Å²) >= 11 is 0. The maximum Gasteiger partial charge on any atom is 0.283 e. The number of halogens is 3. The summed E-state index contributed by atoms with van der Waals surface area (Å²) in [7, 11) is 0. The standard InChI is InChI=1S/C19H19F3N4O3/c1-3-8-26(10-15-24-25-19(29-15)14-5-4-9-28-14)11(2)18(27)23-13-7-6-12(20)16(21)17(13)22/h4-7,9,11H,3,8,10H2,1-2H3,(H,23,27)/t11-/m0/s1. The molecule has 1 N–H and O–H groups in total. The van der Waals surface area contributed by atoms with Crippen molar-refractivity contribution in [1.29, 1.82) is 0 Å². The van der Waals surface area contributed by atoms with Gasteiger partial charge < -0.3 is 14.2 Å². The molecule has 10 heteroatoms. The number of hydrogen-bond acceptors (Lipinski definition) is 6. The highest BCUT2D eigenvalue weighted by Gasteiger charge is 2.25. The Balaban J connectivity index is 1.71. The van der Waals surface area contributed by atoms with E-state index in [-0.39, 0.29) is 18.3 Å². The predicted molar refractivity (Wildman–Crippen MR) is 97.1 cm³/mol. The first-order chi connectivity index (χ1) is 13.9. The van der Waals surface area contributed by atoms with Gasteiger partial charge in [-0.3, -0.25) is 9.69 Å². The van der Waals surface area contributed by atoms with Crippen molar-refractivity contribution >= 4 is 11.6 Å². The van der Waals surface area contributed by atoms with E-state index in [2.05, 4.69) is 15.5 Å². The summed E-state index contributed by atoms with van der Waals surface area (Å²) in [5, 5.41) is 10.1. The molecule has 0 unspecified atom stereocenters. The van der Waals surface area contributed by atoms with E-state index in [1.54, 1.807) is 24.0 Å². The lowest BCUT2D eigenvalue weighted by atomic mass is 10.2. The molecular formula is C19H19F3N4O3. The molecular weight excluding hydrogens is 389 g/mol. The highest BCUT2D eigenvalue weighted by atomic mass is 19.2. The second-order valence-corrected chi connectivity index (χ2v) is 6.34. The molecule has 7 nitrogen and oxygen atoms in total. The van der Waals surface area contributed by atoms with Crippen LogP contribution in [0.5, 0.6) is 0 Å². The molecule has 154 valence electrons. The van der Waals surface area contributed by atoms with Crippen molar-refractivity contribution < 1.29 is 26.8 Å². The largest absolute Gasteiger partial charge is 0.459 e. The van der Waals surface area contributed by atoms with E-state index in [9.17, 15) is 18.0 Å². The van der Waals surface area contributed by atoms with Crippen molar-refractivity contribution in [3.63, 3.8) is 0 Å². The number of nitrogens with zero attached hydrogens (tertiary/aromatic N) is 3. The van der Waals surface area contributed by atoms with Crippen LogP contribution >= 0.6 is 0 Å². The van der Waals surface area contributed by atoms with Crippen LogP contribution in [0.2, 0.25) is 0 Å². The van der Waals surface area contributed by atoms with Crippen LogP contribution in [0.4, 0.5) is 18.9 Å². The lowest BCUT2D eigenvalue weighted by molar-refractivity contribution is -0.121. The number of amides is 1. The molecule has 0 spiro atoms. The molecule has 1 aromatic carbocycles. The first-order valence-corrected chi connectivity index (χ1v) is 8.95. The van der Waals surface area contributed by atoms with Gasteiger partial charge in [0.15, 0.2) is 23.2 Å². The molecule has 2 aromatic heterocycles. The Morgan fingerprint density at radius 2 is 2.00 bits per heavy atom. The normalized spacial score (nSPS) is 12.3. The van der Waals surface area contributed by atoms with Gasteiger partial charge in [-0.2, -0.15) is 0 Å².